The largest absolute Gasteiger partial charge is 0.416 e. The van der Waals surface area contributed by atoms with Gasteiger partial charge in [-0.2, -0.15) is 13.2 Å². The second-order valence-electron chi connectivity index (χ2n) is 5.32. The molecule has 0 radical (unpaired) electrons. The zero-order valence-electron chi connectivity index (χ0n) is 11.5. The number of carbonyl (C=O) groups excluding carboxylic acids is 1. The molecule has 1 aliphatic heterocycles. The number of carbonyl (C=O) groups is 1. The molecule has 2 amide bonds. The molecule has 0 spiro atoms. The first kappa shape index (κ1) is 15.9. The van der Waals surface area contributed by atoms with Crippen molar-refractivity contribution in [3.8, 4) is 0 Å². The fourth-order valence-electron chi connectivity index (χ4n) is 2.37. The summed E-state index contributed by atoms with van der Waals surface area (Å²) in [5, 5.41) is 2.55. The SMILES string of the molecule is CC1CCCN(C(=O)Nc2cc(C(F)(F)F)ccc2Cl)C1. The molecule has 0 aliphatic carbocycles. The fourth-order valence-corrected chi connectivity index (χ4v) is 2.53. The molecule has 0 saturated carbocycles. The third-order valence-corrected chi connectivity index (χ3v) is 3.81. The number of likely N-dealkylation sites (tertiary alicyclic amines) is 1. The highest BCUT2D eigenvalue weighted by Gasteiger charge is 2.31. The normalized spacial score (nSPS) is 19.5. The molecule has 1 saturated heterocycles. The lowest BCUT2D eigenvalue weighted by Crippen LogP contribution is -2.41. The minimum Gasteiger partial charge on any atom is -0.324 e. The fraction of sp³-hybridized carbons (Fsp3) is 0.500. The maximum Gasteiger partial charge on any atom is 0.416 e. The molecule has 0 aromatic heterocycles. The van der Waals surface area contributed by atoms with Crippen LogP contribution < -0.4 is 5.32 Å². The number of anilines is 1. The molecular weight excluding hydrogens is 305 g/mol. The number of hydrogen-bond donors (Lipinski definition) is 1. The van der Waals surface area contributed by atoms with Gasteiger partial charge in [-0.1, -0.05) is 18.5 Å². The number of alkyl halides is 3. The minimum absolute atomic E-state index is 0.0188. The van der Waals surface area contributed by atoms with Gasteiger partial charge in [0.2, 0.25) is 0 Å². The number of hydrogen-bond acceptors (Lipinski definition) is 1. The van der Waals surface area contributed by atoms with Crippen molar-refractivity contribution in [1.29, 1.82) is 0 Å². The van der Waals surface area contributed by atoms with Crippen LogP contribution in [-0.2, 0) is 6.18 Å². The Labute approximate surface area is 126 Å². The first-order chi connectivity index (χ1) is 9.77. The number of halogens is 4. The number of benzene rings is 1. The molecule has 0 bridgehead atoms. The summed E-state index contributed by atoms with van der Waals surface area (Å²) >= 11 is 5.86. The van der Waals surface area contributed by atoms with Gasteiger partial charge in [0.05, 0.1) is 16.3 Å². The van der Waals surface area contributed by atoms with E-state index < -0.39 is 17.8 Å². The average Bonchev–Trinajstić information content (AvgIpc) is 2.40. The summed E-state index contributed by atoms with van der Waals surface area (Å²) < 4.78 is 38.0. The molecular formula is C14H16ClF3N2O. The Morgan fingerprint density at radius 1 is 1.43 bits per heavy atom. The van der Waals surface area contributed by atoms with Crippen LogP contribution in [0.1, 0.15) is 25.3 Å². The molecule has 1 unspecified atom stereocenters. The Morgan fingerprint density at radius 2 is 2.14 bits per heavy atom. The molecule has 2 rings (SSSR count). The highest BCUT2D eigenvalue weighted by atomic mass is 35.5. The van der Waals surface area contributed by atoms with E-state index in [9.17, 15) is 18.0 Å². The standard InChI is InChI=1S/C14H16ClF3N2O/c1-9-3-2-6-20(8-9)13(21)19-12-7-10(14(16,17)18)4-5-11(12)15/h4-5,7,9H,2-3,6,8H2,1H3,(H,19,21). The van der Waals surface area contributed by atoms with Gasteiger partial charge >= 0.3 is 12.2 Å². The molecule has 1 N–H and O–H groups in total. The number of nitrogens with zero attached hydrogens (tertiary/aromatic N) is 1. The van der Waals surface area contributed by atoms with Crippen molar-refractivity contribution in [1.82, 2.24) is 4.90 Å². The van der Waals surface area contributed by atoms with E-state index in [2.05, 4.69) is 5.32 Å². The van der Waals surface area contributed by atoms with Crippen LogP contribution in [0.3, 0.4) is 0 Å². The summed E-state index contributed by atoms with van der Waals surface area (Å²) in [7, 11) is 0. The van der Waals surface area contributed by atoms with E-state index >= 15 is 0 Å². The smallest absolute Gasteiger partial charge is 0.324 e. The molecule has 3 nitrogen and oxygen atoms in total. The summed E-state index contributed by atoms with van der Waals surface area (Å²) in [6.07, 6.45) is -2.53. The predicted octanol–water partition coefficient (Wildman–Crippen LogP) is 4.62. The van der Waals surface area contributed by atoms with E-state index in [-0.39, 0.29) is 10.7 Å². The molecule has 1 aromatic carbocycles. The van der Waals surface area contributed by atoms with Crippen molar-refractivity contribution in [2.24, 2.45) is 5.92 Å². The van der Waals surface area contributed by atoms with Crippen molar-refractivity contribution in [2.75, 3.05) is 18.4 Å². The van der Waals surface area contributed by atoms with Crippen molar-refractivity contribution in [3.63, 3.8) is 0 Å². The van der Waals surface area contributed by atoms with Crippen LogP contribution in [0.15, 0.2) is 18.2 Å². The lowest BCUT2D eigenvalue weighted by atomic mass is 10.0. The number of nitrogens with one attached hydrogen (secondary N) is 1. The second kappa shape index (κ2) is 6.13. The number of rotatable bonds is 1. The van der Waals surface area contributed by atoms with Crippen LogP contribution in [0, 0.1) is 5.92 Å². The molecule has 21 heavy (non-hydrogen) atoms. The average molecular weight is 321 g/mol. The summed E-state index contributed by atoms with van der Waals surface area (Å²) in [5.74, 6) is 0.390. The third-order valence-electron chi connectivity index (χ3n) is 3.48. The maximum absolute atomic E-state index is 12.7. The van der Waals surface area contributed by atoms with Crippen LogP contribution in [0.4, 0.5) is 23.7 Å². The topological polar surface area (TPSA) is 32.3 Å². The van der Waals surface area contributed by atoms with Gasteiger partial charge in [-0.05, 0) is 37.0 Å². The van der Waals surface area contributed by atoms with Gasteiger partial charge in [-0.15, -0.1) is 0 Å². The van der Waals surface area contributed by atoms with Crippen molar-refractivity contribution >= 4 is 23.3 Å². The minimum atomic E-state index is -4.47. The first-order valence-corrected chi connectivity index (χ1v) is 7.08. The van der Waals surface area contributed by atoms with Crippen LogP contribution in [0.25, 0.3) is 0 Å². The van der Waals surface area contributed by atoms with Gasteiger partial charge in [-0.25, -0.2) is 4.79 Å². The van der Waals surface area contributed by atoms with E-state index in [0.29, 0.717) is 19.0 Å². The van der Waals surface area contributed by atoms with Gasteiger partial charge in [0.15, 0.2) is 0 Å². The summed E-state index contributed by atoms with van der Waals surface area (Å²) in [4.78, 5) is 13.7. The molecule has 1 aliphatic rings. The molecule has 1 atom stereocenters. The summed E-state index contributed by atoms with van der Waals surface area (Å²) in [5.41, 5.74) is -0.857. The van der Waals surface area contributed by atoms with E-state index in [1.165, 1.54) is 0 Å². The molecule has 7 heteroatoms. The van der Waals surface area contributed by atoms with Crippen molar-refractivity contribution in [3.05, 3.63) is 28.8 Å². The Kier molecular flexibility index (Phi) is 4.66. The van der Waals surface area contributed by atoms with E-state index in [4.69, 9.17) is 11.6 Å². The quantitative estimate of drug-likeness (QED) is 0.804. The third kappa shape index (κ3) is 4.03. The maximum atomic E-state index is 12.7. The van der Waals surface area contributed by atoms with E-state index in [0.717, 1.165) is 31.0 Å². The van der Waals surface area contributed by atoms with Crippen LogP contribution in [0.5, 0.6) is 0 Å². The van der Waals surface area contributed by atoms with Gasteiger partial charge < -0.3 is 10.2 Å². The number of urea groups is 1. The molecule has 1 aromatic rings. The number of amides is 2. The second-order valence-corrected chi connectivity index (χ2v) is 5.72. The Balaban J connectivity index is 2.13. The summed E-state index contributed by atoms with van der Waals surface area (Å²) in [6, 6.07) is 2.47. The van der Waals surface area contributed by atoms with Crippen LogP contribution in [0.2, 0.25) is 5.02 Å². The molecule has 116 valence electrons. The van der Waals surface area contributed by atoms with Gasteiger partial charge in [0.25, 0.3) is 0 Å². The summed E-state index contributed by atoms with van der Waals surface area (Å²) in [6.45, 7) is 3.24. The van der Waals surface area contributed by atoms with E-state index in [1.807, 2.05) is 6.92 Å². The van der Waals surface area contributed by atoms with Crippen LogP contribution in [-0.4, -0.2) is 24.0 Å². The lowest BCUT2D eigenvalue weighted by molar-refractivity contribution is -0.137. The molecule has 1 fully saturated rings. The highest BCUT2D eigenvalue weighted by Crippen LogP contribution is 2.34. The van der Waals surface area contributed by atoms with Gasteiger partial charge in [-0.3, -0.25) is 0 Å². The number of piperidine rings is 1. The predicted molar refractivity (Wildman–Crippen MR) is 75.4 cm³/mol. The first-order valence-electron chi connectivity index (χ1n) is 6.70. The monoisotopic (exact) mass is 320 g/mol. The van der Waals surface area contributed by atoms with Gasteiger partial charge in [0, 0.05) is 13.1 Å². The van der Waals surface area contributed by atoms with Crippen LogP contribution >= 0.6 is 11.6 Å². The van der Waals surface area contributed by atoms with E-state index in [1.54, 1.807) is 4.90 Å². The Hall–Kier alpha value is -1.43. The molecule has 1 heterocycles. The zero-order chi connectivity index (χ0) is 15.6. The lowest BCUT2D eigenvalue weighted by Gasteiger charge is -2.31. The van der Waals surface area contributed by atoms with Crippen molar-refractivity contribution < 1.29 is 18.0 Å². The van der Waals surface area contributed by atoms with Crippen molar-refractivity contribution in [2.45, 2.75) is 25.9 Å². The Morgan fingerprint density at radius 3 is 2.76 bits per heavy atom. The van der Waals surface area contributed by atoms with Gasteiger partial charge in [0.1, 0.15) is 0 Å². The Bertz CT molecular complexity index is 533. The highest BCUT2D eigenvalue weighted by molar-refractivity contribution is 6.33. The zero-order valence-corrected chi connectivity index (χ0v) is 12.3.